The smallest absolute Gasteiger partial charge is 0.239 e. The van der Waals surface area contributed by atoms with Gasteiger partial charge in [0, 0.05) is 17.7 Å². The van der Waals surface area contributed by atoms with Gasteiger partial charge in [0.1, 0.15) is 108 Å². The molecule has 5 heterocycles. The number of phenolic OH excluding ortho intramolecular Hbond substituents is 3. The highest BCUT2D eigenvalue weighted by molar-refractivity contribution is 5.88. The first-order chi connectivity index (χ1) is 29.4. The molecule has 7 unspecified atom stereocenters. The molecule has 19 atom stereocenters. The fourth-order valence-electron chi connectivity index (χ4n) is 7.43. The maximum absolute atomic E-state index is 14.2. The molecule has 24 nitrogen and oxygen atoms in total. The molecule has 2 aromatic carbocycles. The van der Waals surface area contributed by atoms with Gasteiger partial charge in [-0.25, -0.2) is 0 Å². The van der Waals surface area contributed by atoms with Gasteiger partial charge in [0.05, 0.1) is 25.9 Å². The summed E-state index contributed by atoms with van der Waals surface area (Å²) >= 11 is 0. The molecule has 0 radical (unpaired) electrons. The Hall–Kier alpha value is -3.87. The zero-order valence-electron chi connectivity index (χ0n) is 32.4. The van der Waals surface area contributed by atoms with E-state index in [4.69, 9.17) is 42.3 Å². The summed E-state index contributed by atoms with van der Waals surface area (Å²) < 4.78 is 51.4. The molecule has 4 aliphatic rings. The lowest BCUT2D eigenvalue weighted by molar-refractivity contribution is -0.367. The van der Waals surface area contributed by atoms with E-state index < -0.39 is 165 Å². The highest BCUT2D eigenvalue weighted by Crippen LogP contribution is 2.39. The first-order valence-electron chi connectivity index (χ1n) is 19.3. The zero-order chi connectivity index (χ0) is 44.9. The highest BCUT2D eigenvalue weighted by atomic mass is 16.8. The Kier molecular flexibility index (Phi) is 13.9. The Morgan fingerprint density at radius 2 is 1.27 bits per heavy atom. The second-order valence-electron chi connectivity index (χ2n) is 15.3. The topological polar surface area (TPSA) is 387 Å². The number of fused-ring (bicyclic) bond motifs is 1. The van der Waals surface area contributed by atoms with Crippen LogP contribution in [0.4, 0.5) is 0 Å². The Labute approximate surface area is 349 Å². The van der Waals surface area contributed by atoms with Gasteiger partial charge in [0.25, 0.3) is 0 Å². The normalized spacial score (nSPS) is 40.4. The van der Waals surface area contributed by atoms with Gasteiger partial charge in [0.15, 0.2) is 30.7 Å². The largest absolute Gasteiger partial charge is 0.508 e. The lowest BCUT2D eigenvalue weighted by Crippen LogP contribution is -2.65. The van der Waals surface area contributed by atoms with Gasteiger partial charge < -0.3 is 114 Å². The second-order valence-corrected chi connectivity index (χ2v) is 15.3. The molecule has 4 fully saturated rings. The summed E-state index contributed by atoms with van der Waals surface area (Å²) in [5, 5.41) is 147. The summed E-state index contributed by atoms with van der Waals surface area (Å²) in [5.74, 6) is -2.50. The fourth-order valence-corrected chi connectivity index (χ4v) is 7.43. The van der Waals surface area contributed by atoms with E-state index in [1.165, 1.54) is 31.2 Å². The van der Waals surface area contributed by atoms with Crippen molar-refractivity contribution in [3.8, 4) is 34.3 Å². The minimum Gasteiger partial charge on any atom is -0.508 e. The minimum atomic E-state index is -2.10. The minimum absolute atomic E-state index is 0.0891. The van der Waals surface area contributed by atoms with Crippen molar-refractivity contribution in [3.05, 3.63) is 46.6 Å². The van der Waals surface area contributed by atoms with E-state index in [0.717, 1.165) is 12.1 Å². The number of ether oxygens (including phenoxy) is 8. The maximum atomic E-state index is 14.2. The lowest BCUT2D eigenvalue weighted by atomic mass is 9.97. The first kappa shape index (κ1) is 46.1. The Morgan fingerprint density at radius 1 is 0.645 bits per heavy atom. The van der Waals surface area contributed by atoms with Gasteiger partial charge >= 0.3 is 0 Å². The third-order valence-corrected chi connectivity index (χ3v) is 11.0. The van der Waals surface area contributed by atoms with Crippen molar-refractivity contribution < 1.29 is 114 Å². The third-order valence-electron chi connectivity index (χ3n) is 11.0. The number of phenols is 3. The molecule has 0 amide bonds. The maximum Gasteiger partial charge on any atom is 0.239 e. The van der Waals surface area contributed by atoms with Gasteiger partial charge in [0.2, 0.25) is 17.5 Å². The molecule has 4 aliphatic heterocycles. The average Bonchev–Trinajstić information content (AvgIpc) is 3.24. The van der Waals surface area contributed by atoms with Crippen LogP contribution in [0.1, 0.15) is 6.92 Å². The van der Waals surface area contributed by atoms with Crippen molar-refractivity contribution >= 4 is 11.0 Å². The third kappa shape index (κ3) is 8.94. The number of aliphatic hydroxyl groups excluding tert-OH is 11. The summed E-state index contributed by atoms with van der Waals surface area (Å²) in [6, 6.07) is 6.98. The van der Waals surface area contributed by atoms with Crippen LogP contribution in [0.25, 0.3) is 22.3 Å². The van der Waals surface area contributed by atoms with E-state index >= 15 is 0 Å². The molecule has 0 spiro atoms. The van der Waals surface area contributed by atoms with Gasteiger partial charge in [-0.1, -0.05) is 0 Å². The van der Waals surface area contributed by atoms with E-state index in [-0.39, 0.29) is 22.7 Å². The van der Waals surface area contributed by atoms with Crippen LogP contribution < -0.4 is 10.2 Å². The van der Waals surface area contributed by atoms with Gasteiger partial charge in [-0.3, -0.25) is 4.79 Å². The molecule has 7 rings (SSSR count). The lowest BCUT2D eigenvalue weighted by Gasteiger charge is -2.46. The number of aliphatic hydroxyl groups is 11. The molecular formula is C38H48O24. The second kappa shape index (κ2) is 18.7. The molecule has 3 aromatic rings. The number of aromatic hydroxyl groups is 3. The monoisotopic (exact) mass is 888 g/mol. The molecule has 14 N–H and O–H groups in total. The predicted octanol–water partition coefficient (Wildman–Crippen LogP) is -5.11. The van der Waals surface area contributed by atoms with Crippen molar-refractivity contribution in [3.63, 3.8) is 0 Å². The molecular weight excluding hydrogens is 840 g/mol. The van der Waals surface area contributed by atoms with Gasteiger partial charge in [-0.05, 0) is 31.2 Å². The standard InChI is InChI=1S/C38H48O24/c1-11-21(43)26(48)30(52)35(56-11)54-9-18-23(45)28(50)34(62-36-29(51)24(46)19(10-55-36)59-37-31(53)27(49)22(44)17(8-39)58-37)38(60-18)61-33-25(47)20-15(42)6-14(41)7-16(20)57-32(33)12-2-4-13(40)5-3-12/h2-7,11,17-19,21-24,26-31,34-46,48-53H,8-10H2,1H3/t11?,17?,18?,19-,21+,22-,23-,24+,26+,27+,28+,29?,30?,31?,34?,35-,36+,37-,38+/m1/s1. The molecule has 1 aromatic heterocycles. The summed E-state index contributed by atoms with van der Waals surface area (Å²) in [7, 11) is 0. The van der Waals surface area contributed by atoms with E-state index in [0.29, 0.717) is 0 Å². The average molecular weight is 889 g/mol. The Bertz CT molecular complexity index is 2050. The van der Waals surface area contributed by atoms with Gasteiger partial charge in [-0.15, -0.1) is 0 Å². The van der Waals surface area contributed by atoms with Crippen molar-refractivity contribution in [2.24, 2.45) is 0 Å². The summed E-state index contributed by atoms with van der Waals surface area (Å²) in [6.45, 7) is -0.760. The number of hydrogen-bond donors (Lipinski definition) is 14. The van der Waals surface area contributed by atoms with Crippen LogP contribution in [0.3, 0.4) is 0 Å². The van der Waals surface area contributed by atoms with Crippen LogP contribution in [-0.2, 0) is 33.2 Å². The van der Waals surface area contributed by atoms with E-state index in [2.05, 4.69) is 0 Å². The fraction of sp³-hybridized carbons (Fsp3) is 0.605. The van der Waals surface area contributed by atoms with E-state index in [9.17, 15) is 76.3 Å². The van der Waals surface area contributed by atoms with Crippen LogP contribution in [0, 0.1) is 0 Å². The summed E-state index contributed by atoms with van der Waals surface area (Å²) in [5.41, 5.74) is -1.30. The molecule has 0 bridgehead atoms. The van der Waals surface area contributed by atoms with Crippen LogP contribution in [0.5, 0.6) is 23.0 Å². The molecule has 0 aliphatic carbocycles. The number of hydrogen-bond acceptors (Lipinski definition) is 24. The quantitative estimate of drug-likeness (QED) is 0.0856. The number of rotatable bonds is 11. The van der Waals surface area contributed by atoms with Crippen LogP contribution in [0.15, 0.2) is 45.6 Å². The summed E-state index contributed by atoms with van der Waals surface area (Å²) in [4.78, 5) is 14.2. The van der Waals surface area contributed by atoms with E-state index in [1.54, 1.807) is 0 Å². The van der Waals surface area contributed by atoms with Crippen molar-refractivity contribution in [2.45, 2.75) is 124 Å². The van der Waals surface area contributed by atoms with Crippen LogP contribution in [-0.4, -0.2) is 208 Å². The predicted molar refractivity (Wildman–Crippen MR) is 198 cm³/mol. The molecule has 4 saturated heterocycles. The van der Waals surface area contributed by atoms with Crippen molar-refractivity contribution in [2.75, 3.05) is 19.8 Å². The number of benzene rings is 2. The molecule has 62 heavy (non-hydrogen) atoms. The van der Waals surface area contributed by atoms with Crippen LogP contribution in [0.2, 0.25) is 0 Å². The SMILES string of the molecule is CC1O[C@@H](OCC2O[C@@H](Oc3c(-c4ccc(O)cc4)oc4cc(O)cc(O)c4c3=O)C(O[C@@H]3OC[C@@H](O[C@H]4OC(CO)[C@@H](O)[C@H](O)C4O)[C@H](O)C3O)[C@@H](O)[C@@H]2O)C(O)[C@@H](O)[C@H]1O. The Morgan fingerprint density at radius 3 is 1.97 bits per heavy atom. The first-order valence-corrected chi connectivity index (χ1v) is 19.3. The van der Waals surface area contributed by atoms with E-state index in [1.807, 2.05) is 0 Å². The molecule has 24 heteroatoms. The van der Waals surface area contributed by atoms with Gasteiger partial charge in [-0.2, -0.15) is 0 Å². The molecule has 344 valence electrons. The zero-order valence-corrected chi connectivity index (χ0v) is 32.4. The van der Waals surface area contributed by atoms with Crippen LogP contribution >= 0.6 is 0 Å². The summed E-state index contributed by atoms with van der Waals surface area (Å²) in [6.07, 6.45) is -33.3. The Balaban J connectivity index is 1.19. The van der Waals surface area contributed by atoms with Crippen molar-refractivity contribution in [1.82, 2.24) is 0 Å². The molecule has 0 saturated carbocycles. The van der Waals surface area contributed by atoms with Crippen molar-refractivity contribution in [1.29, 1.82) is 0 Å². The highest BCUT2D eigenvalue weighted by Gasteiger charge is 2.53.